The Morgan fingerprint density at radius 1 is 1.03 bits per heavy atom. The van der Waals surface area contributed by atoms with E-state index in [4.69, 9.17) is 49.3 Å². The van der Waals surface area contributed by atoms with Gasteiger partial charge >= 0.3 is 0 Å². The van der Waals surface area contributed by atoms with Gasteiger partial charge in [0.25, 0.3) is 0 Å². The maximum Gasteiger partial charge on any atom is 0.248 e. The quantitative estimate of drug-likeness (QED) is 0.374. The molecule has 1 N–H and O–H groups in total. The molecule has 2 aromatic heterocycles. The van der Waals surface area contributed by atoms with Crippen molar-refractivity contribution in [3.8, 4) is 28.3 Å². The monoisotopic (exact) mass is 548 g/mol. The minimum absolute atomic E-state index is 0.0365. The summed E-state index contributed by atoms with van der Waals surface area (Å²) in [5, 5.41) is 4.65. The minimum atomic E-state index is 0.0365. The molecule has 3 aromatic rings. The molecule has 1 fully saturated rings. The van der Waals surface area contributed by atoms with Gasteiger partial charge in [0, 0.05) is 61.2 Å². The molecule has 4 rings (SSSR count). The molecule has 3 heterocycles. The van der Waals surface area contributed by atoms with Gasteiger partial charge < -0.3 is 19.7 Å². The summed E-state index contributed by atoms with van der Waals surface area (Å²) in [5.74, 6) is 0.564. The molecular formula is C26H27Cl3N4O3. The molecule has 1 saturated heterocycles. The van der Waals surface area contributed by atoms with Gasteiger partial charge in [-0.25, -0.2) is 9.97 Å². The number of carbonyl (C=O) groups excluding carboxylic acids is 1. The fourth-order valence-electron chi connectivity index (χ4n) is 4.30. The summed E-state index contributed by atoms with van der Waals surface area (Å²) >= 11 is 19.3. The van der Waals surface area contributed by atoms with Gasteiger partial charge in [0.05, 0.1) is 22.8 Å². The van der Waals surface area contributed by atoms with Crippen LogP contribution in [0.15, 0.2) is 42.6 Å². The first-order valence-corrected chi connectivity index (χ1v) is 12.7. The van der Waals surface area contributed by atoms with Crippen LogP contribution in [0.2, 0.25) is 15.2 Å². The third-order valence-corrected chi connectivity index (χ3v) is 7.41. The number of amides is 1. The first-order chi connectivity index (χ1) is 17.4. The van der Waals surface area contributed by atoms with Gasteiger partial charge in [0.2, 0.25) is 11.8 Å². The van der Waals surface area contributed by atoms with Crippen molar-refractivity contribution in [2.24, 2.45) is 0 Å². The second-order valence-corrected chi connectivity index (χ2v) is 9.58. The van der Waals surface area contributed by atoms with E-state index in [-0.39, 0.29) is 17.7 Å². The van der Waals surface area contributed by atoms with Crippen molar-refractivity contribution in [3.05, 3.63) is 63.4 Å². The Morgan fingerprint density at radius 3 is 2.47 bits per heavy atom. The van der Waals surface area contributed by atoms with Gasteiger partial charge in [-0.3, -0.25) is 4.79 Å². The van der Waals surface area contributed by atoms with E-state index in [9.17, 15) is 4.79 Å². The third kappa shape index (κ3) is 5.93. The van der Waals surface area contributed by atoms with Gasteiger partial charge in [-0.2, -0.15) is 0 Å². The van der Waals surface area contributed by atoms with Crippen molar-refractivity contribution >= 4 is 40.7 Å². The van der Waals surface area contributed by atoms with E-state index >= 15 is 0 Å². The molecule has 1 aliphatic rings. The summed E-state index contributed by atoms with van der Waals surface area (Å²) in [6.07, 6.45) is 3.36. The lowest BCUT2D eigenvalue weighted by Gasteiger charge is -2.32. The molecule has 0 spiro atoms. The number of ether oxygens (including phenoxy) is 2. The highest BCUT2D eigenvalue weighted by molar-refractivity contribution is 6.43. The topological polar surface area (TPSA) is 76.6 Å². The van der Waals surface area contributed by atoms with Crippen LogP contribution in [0.1, 0.15) is 18.4 Å². The van der Waals surface area contributed by atoms with E-state index in [1.807, 2.05) is 35.2 Å². The number of hydrogen-bond acceptors (Lipinski definition) is 6. The summed E-state index contributed by atoms with van der Waals surface area (Å²) in [6, 6.07) is 11.7. The van der Waals surface area contributed by atoms with Crippen molar-refractivity contribution < 1.29 is 14.3 Å². The van der Waals surface area contributed by atoms with E-state index in [2.05, 4.69) is 10.3 Å². The number of likely N-dealkylation sites (tertiary alicyclic amines) is 1. The Morgan fingerprint density at radius 2 is 1.75 bits per heavy atom. The molecule has 0 unspecified atom stereocenters. The fraction of sp³-hybridized carbons (Fsp3) is 0.346. The SMILES string of the molecule is COCC(=O)N1CCC(NCc2ccc(-c3cccc(-c4ccnc(Cl)c4Cl)c3Cl)nc2OC)CC1. The van der Waals surface area contributed by atoms with E-state index in [0.717, 1.165) is 42.6 Å². The Bertz CT molecular complexity index is 1230. The summed E-state index contributed by atoms with van der Waals surface area (Å²) in [5.41, 5.74) is 3.82. The minimum Gasteiger partial charge on any atom is -0.481 e. The molecular weight excluding hydrogens is 523 g/mol. The molecule has 0 bridgehead atoms. The zero-order chi connectivity index (χ0) is 25.7. The molecule has 0 atom stereocenters. The van der Waals surface area contributed by atoms with Crippen molar-refractivity contribution in [2.45, 2.75) is 25.4 Å². The van der Waals surface area contributed by atoms with E-state index < -0.39 is 0 Å². The molecule has 36 heavy (non-hydrogen) atoms. The molecule has 0 radical (unpaired) electrons. The molecule has 0 aliphatic carbocycles. The molecule has 7 nitrogen and oxygen atoms in total. The van der Waals surface area contributed by atoms with Crippen molar-refractivity contribution in [2.75, 3.05) is 33.9 Å². The zero-order valence-corrected chi connectivity index (χ0v) is 22.3. The lowest BCUT2D eigenvalue weighted by Crippen LogP contribution is -2.45. The van der Waals surface area contributed by atoms with Crippen LogP contribution in [0.25, 0.3) is 22.4 Å². The number of pyridine rings is 2. The van der Waals surface area contributed by atoms with Gasteiger partial charge in [-0.05, 0) is 25.0 Å². The van der Waals surface area contributed by atoms with Crippen molar-refractivity contribution in [1.29, 1.82) is 0 Å². The van der Waals surface area contributed by atoms with Crippen LogP contribution in [0.5, 0.6) is 5.88 Å². The first-order valence-electron chi connectivity index (χ1n) is 11.6. The standard InChI is InChI=1S/C26H27Cl3N4O3/c1-35-15-22(34)33-12-9-17(10-13-33)31-14-16-6-7-21(32-26(16)36-2)20-5-3-4-18(23(20)27)19-8-11-30-25(29)24(19)28/h3-8,11,17,31H,9-10,12-15H2,1-2H3. The molecule has 190 valence electrons. The Hall–Kier alpha value is -2.42. The second kappa shape index (κ2) is 12.2. The van der Waals surface area contributed by atoms with E-state index in [0.29, 0.717) is 39.8 Å². The molecule has 1 aromatic carbocycles. The highest BCUT2D eigenvalue weighted by Gasteiger charge is 2.23. The summed E-state index contributed by atoms with van der Waals surface area (Å²) < 4.78 is 10.6. The predicted molar refractivity (Wildman–Crippen MR) is 143 cm³/mol. The number of carbonyl (C=O) groups is 1. The number of methoxy groups -OCH3 is 2. The molecule has 0 saturated carbocycles. The second-order valence-electron chi connectivity index (χ2n) is 8.46. The van der Waals surface area contributed by atoms with Gasteiger partial charge in [-0.1, -0.05) is 59.1 Å². The maximum atomic E-state index is 12.0. The molecule has 1 amide bonds. The van der Waals surface area contributed by atoms with Crippen LogP contribution >= 0.6 is 34.8 Å². The van der Waals surface area contributed by atoms with Crippen LogP contribution in [0, 0.1) is 0 Å². The molecule has 1 aliphatic heterocycles. The van der Waals surface area contributed by atoms with E-state index in [1.165, 1.54) is 7.11 Å². The van der Waals surface area contributed by atoms with Crippen LogP contribution in [0.4, 0.5) is 0 Å². The van der Waals surface area contributed by atoms with Crippen LogP contribution < -0.4 is 10.1 Å². The van der Waals surface area contributed by atoms with Gasteiger partial charge in [0.15, 0.2) is 0 Å². The Balaban J connectivity index is 1.48. The van der Waals surface area contributed by atoms with Crippen molar-refractivity contribution in [3.63, 3.8) is 0 Å². The van der Waals surface area contributed by atoms with Crippen LogP contribution in [0.3, 0.4) is 0 Å². The Labute approximate surface area is 225 Å². The zero-order valence-electron chi connectivity index (χ0n) is 20.1. The lowest BCUT2D eigenvalue weighted by atomic mass is 10.0. The number of nitrogens with one attached hydrogen (secondary N) is 1. The average molecular weight is 550 g/mol. The summed E-state index contributed by atoms with van der Waals surface area (Å²) in [4.78, 5) is 22.6. The van der Waals surface area contributed by atoms with Gasteiger partial charge in [-0.15, -0.1) is 0 Å². The number of halogens is 3. The first kappa shape index (κ1) is 26.6. The highest BCUT2D eigenvalue weighted by atomic mass is 35.5. The lowest BCUT2D eigenvalue weighted by molar-refractivity contribution is -0.136. The molecule has 10 heteroatoms. The fourth-order valence-corrected chi connectivity index (χ4v) is 4.99. The Kier molecular flexibility index (Phi) is 9.04. The van der Waals surface area contributed by atoms with Gasteiger partial charge in [0.1, 0.15) is 11.8 Å². The summed E-state index contributed by atoms with van der Waals surface area (Å²) in [7, 11) is 3.14. The normalized spacial score (nSPS) is 14.2. The predicted octanol–water partition coefficient (Wildman–Crippen LogP) is 5.51. The number of piperidine rings is 1. The number of hydrogen-bond donors (Lipinski definition) is 1. The average Bonchev–Trinajstić information content (AvgIpc) is 2.90. The smallest absolute Gasteiger partial charge is 0.248 e. The summed E-state index contributed by atoms with van der Waals surface area (Å²) in [6.45, 7) is 2.17. The number of nitrogens with zero attached hydrogens (tertiary/aromatic N) is 3. The highest BCUT2D eigenvalue weighted by Crippen LogP contribution is 2.40. The number of benzene rings is 1. The largest absolute Gasteiger partial charge is 0.481 e. The van der Waals surface area contributed by atoms with Crippen LogP contribution in [-0.4, -0.2) is 60.7 Å². The number of rotatable bonds is 8. The third-order valence-electron chi connectivity index (χ3n) is 6.24. The maximum absolute atomic E-state index is 12.0. The number of aromatic nitrogens is 2. The van der Waals surface area contributed by atoms with E-state index in [1.54, 1.807) is 19.4 Å². The van der Waals surface area contributed by atoms with Crippen molar-refractivity contribution in [1.82, 2.24) is 20.2 Å². The van der Waals surface area contributed by atoms with Crippen LogP contribution in [-0.2, 0) is 16.1 Å².